The molecule has 1 fully saturated rings. The van der Waals surface area contributed by atoms with Crippen LogP contribution < -0.4 is 16.4 Å². The van der Waals surface area contributed by atoms with E-state index in [1.54, 1.807) is 24.3 Å². The van der Waals surface area contributed by atoms with Gasteiger partial charge in [-0.25, -0.2) is 0 Å². The number of amides is 1. The van der Waals surface area contributed by atoms with Crippen LogP contribution in [0.4, 0.5) is 11.7 Å². The lowest BCUT2D eigenvalue weighted by Crippen LogP contribution is -2.15. The molecule has 0 atom stereocenters. The van der Waals surface area contributed by atoms with Gasteiger partial charge in [0.25, 0.3) is 0 Å². The Hall–Kier alpha value is -2.41. The van der Waals surface area contributed by atoms with Crippen molar-refractivity contribution in [3.05, 3.63) is 35.7 Å². The first-order valence-corrected chi connectivity index (χ1v) is 6.43. The predicted molar refractivity (Wildman–Crippen MR) is 72.4 cm³/mol. The highest BCUT2D eigenvalue weighted by molar-refractivity contribution is 5.93. The molecule has 1 saturated carbocycles. The zero-order chi connectivity index (χ0) is 13.9. The van der Waals surface area contributed by atoms with Crippen molar-refractivity contribution in [3.63, 3.8) is 0 Å². The second-order valence-electron chi connectivity index (χ2n) is 4.72. The van der Waals surface area contributed by atoms with Gasteiger partial charge in [0.15, 0.2) is 0 Å². The number of hydrogen-bond acceptors (Lipinski definition) is 6. The number of rotatable bonds is 6. The molecule has 4 N–H and O–H groups in total. The number of nitrogens with one attached hydrogen (secondary N) is 2. The number of nitrogens with two attached hydrogens (primary N) is 1. The Balaban J connectivity index is 1.60. The quantitative estimate of drug-likeness (QED) is 0.729. The van der Waals surface area contributed by atoms with Crippen LogP contribution in [0.3, 0.4) is 0 Å². The van der Waals surface area contributed by atoms with Gasteiger partial charge in [-0.05, 0) is 37.1 Å². The van der Waals surface area contributed by atoms with Crippen molar-refractivity contribution in [3.8, 4) is 0 Å². The second-order valence-corrected chi connectivity index (χ2v) is 4.72. The largest absolute Gasteiger partial charge is 0.406 e. The number of anilines is 2. The number of nitrogens with zero attached hydrogens (tertiary/aromatic N) is 2. The Morgan fingerprint density at radius 3 is 2.70 bits per heavy atom. The molecule has 20 heavy (non-hydrogen) atoms. The summed E-state index contributed by atoms with van der Waals surface area (Å²) in [7, 11) is 0. The summed E-state index contributed by atoms with van der Waals surface area (Å²) in [5.41, 5.74) is 6.38. The fraction of sp³-hybridized carbons (Fsp3) is 0.308. The predicted octanol–water partition coefficient (Wildman–Crippen LogP) is 1.16. The lowest BCUT2D eigenvalue weighted by molar-refractivity contribution is 0.100. The molecule has 3 rings (SSSR count). The van der Waals surface area contributed by atoms with Gasteiger partial charge in [0.05, 0.1) is 6.54 Å². The maximum atomic E-state index is 11.0. The van der Waals surface area contributed by atoms with E-state index < -0.39 is 5.91 Å². The number of carbonyl (C=O) groups is 1. The molecule has 1 aromatic carbocycles. The molecule has 0 saturated heterocycles. The van der Waals surface area contributed by atoms with Gasteiger partial charge in [0.1, 0.15) is 0 Å². The minimum atomic E-state index is -0.456. The fourth-order valence-electron chi connectivity index (χ4n) is 1.74. The van der Waals surface area contributed by atoms with Gasteiger partial charge >= 0.3 is 6.01 Å². The Labute approximate surface area is 115 Å². The molecule has 1 heterocycles. The number of aromatic nitrogens is 2. The third-order valence-electron chi connectivity index (χ3n) is 3.01. The summed E-state index contributed by atoms with van der Waals surface area (Å²) in [5, 5.41) is 14.1. The smallest absolute Gasteiger partial charge is 0.320 e. The fourth-order valence-corrected chi connectivity index (χ4v) is 1.74. The van der Waals surface area contributed by atoms with E-state index >= 15 is 0 Å². The van der Waals surface area contributed by atoms with Crippen molar-refractivity contribution in [1.82, 2.24) is 15.5 Å². The monoisotopic (exact) mass is 273 g/mol. The van der Waals surface area contributed by atoms with Crippen molar-refractivity contribution in [2.75, 3.05) is 5.32 Å². The Kier molecular flexibility index (Phi) is 3.34. The van der Waals surface area contributed by atoms with Crippen LogP contribution in [0.15, 0.2) is 28.7 Å². The molecule has 0 spiro atoms. The van der Waals surface area contributed by atoms with Crippen LogP contribution in [0, 0.1) is 0 Å². The van der Waals surface area contributed by atoms with Crippen LogP contribution in [-0.4, -0.2) is 22.1 Å². The van der Waals surface area contributed by atoms with Crippen LogP contribution in [0.2, 0.25) is 0 Å². The first kappa shape index (κ1) is 12.6. The van der Waals surface area contributed by atoms with Crippen LogP contribution in [0.5, 0.6) is 0 Å². The highest BCUT2D eigenvalue weighted by Crippen LogP contribution is 2.20. The highest BCUT2D eigenvalue weighted by Gasteiger charge is 2.21. The van der Waals surface area contributed by atoms with Gasteiger partial charge < -0.3 is 20.8 Å². The minimum Gasteiger partial charge on any atom is -0.406 e. The third kappa shape index (κ3) is 3.12. The molecule has 1 aromatic heterocycles. The molecule has 0 unspecified atom stereocenters. The van der Waals surface area contributed by atoms with E-state index in [2.05, 4.69) is 20.8 Å². The maximum absolute atomic E-state index is 11.0. The van der Waals surface area contributed by atoms with Crippen molar-refractivity contribution in [2.24, 2.45) is 5.73 Å². The molecule has 104 valence electrons. The van der Waals surface area contributed by atoms with E-state index in [0.717, 1.165) is 5.69 Å². The van der Waals surface area contributed by atoms with Gasteiger partial charge in [-0.15, -0.1) is 5.10 Å². The Bertz CT molecular complexity index is 603. The summed E-state index contributed by atoms with van der Waals surface area (Å²) in [6.45, 7) is 0.583. The molecule has 0 bridgehead atoms. The summed E-state index contributed by atoms with van der Waals surface area (Å²) in [4.78, 5) is 11.0. The number of primary amides is 1. The van der Waals surface area contributed by atoms with Crippen molar-refractivity contribution >= 4 is 17.6 Å². The lowest BCUT2D eigenvalue weighted by atomic mass is 10.2. The van der Waals surface area contributed by atoms with E-state index in [4.69, 9.17) is 10.2 Å². The summed E-state index contributed by atoms with van der Waals surface area (Å²) in [5.74, 6) is 0.0935. The molecule has 0 aliphatic heterocycles. The van der Waals surface area contributed by atoms with Crippen LogP contribution >= 0.6 is 0 Å². The molecule has 2 aromatic rings. The maximum Gasteiger partial charge on any atom is 0.320 e. The molecule has 0 radical (unpaired) electrons. The average molecular weight is 273 g/mol. The van der Waals surface area contributed by atoms with Gasteiger partial charge in [0.2, 0.25) is 11.8 Å². The molecular formula is C13H15N5O2. The Morgan fingerprint density at radius 2 is 2.05 bits per heavy atom. The Morgan fingerprint density at radius 1 is 1.30 bits per heavy atom. The molecule has 1 amide bonds. The topological polar surface area (TPSA) is 106 Å². The van der Waals surface area contributed by atoms with E-state index in [0.29, 0.717) is 30.1 Å². The second kappa shape index (κ2) is 5.30. The van der Waals surface area contributed by atoms with Gasteiger partial charge in [0, 0.05) is 17.3 Å². The van der Waals surface area contributed by atoms with Crippen LogP contribution in [0.25, 0.3) is 0 Å². The van der Waals surface area contributed by atoms with Crippen molar-refractivity contribution in [2.45, 2.75) is 25.4 Å². The summed E-state index contributed by atoms with van der Waals surface area (Å²) in [6, 6.07) is 7.65. The molecule has 7 heteroatoms. The first-order chi connectivity index (χ1) is 9.70. The van der Waals surface area contributed by atoms with Crippen molar-refractivity contribution < 1.29 is 9.21 Å². The van der Waals surface area contributed by atoms with Crippen LogP contribution in [-0.2, 0) is 6.54 Å². The molecule has 1 aliphatic carbocycles. The number of benzene rings is 1. The van der Waals surface area contributed by atoms with Crippen molar-refractivity contribution in [1.29, 1.82) is 0 Å². The SMILES string of the molecule is NC(=O)c1ccc(Nc2nnc(CNC3CC3)o2)cc1. The van der Waals surface area contributed by atoms with Gasteiger partial charge in [-0.3, -0.25) is 4.79 Å². The van der Waals surface area contributed by atoms with E-state index in [1.165, 1.54) is 12.8 Å². The molecular weight excluding hydrogens is 258 g/mol. The summed E-state index contributed by atoms with van der Waals surface area (Å²) in [6.07, 6.45) is 2.43. The van der Waals surface area contributed by atoms with Crippen LogP contribution in [0.1, 0.15) is 29.1 Å². The van der Waals surface area contributed by atoms with E-state index in [-0.39, 0.29) is 0 Å². The summed E-state index contributed by atoms with van der Waals surface area (Å²) < 4.78 is 5.46. The zero-order valence-electron chi connectivity index (χ0n) is 10.8. The normalized spacial score (nSPS) is 14.2. The zero-order valence-corrected chi connectivity index (χ0v) is 10.8. The number of carbonyl (C=O) groups excluding carboxylic acids is 1. The third-order valence-corrected chi connectivity index (χ3v) is 3.01. The summed E-state index contributed by atoms with van der Waals surface area (Å²) >= 11 is 0. The first-order valence-electron chi connectivity index (χ1n) is 6.43. The molecule has 7 nitrogen and oxygen atoms in total. The molecule has 1 aliphatic rings. The van der Waals surface area contributed by atoms with Gasteiger partial charge in [-0.2, -0.15) is 0 Å². The highest BCUT2D eigenvalue weighted by atomic mass is 16.4. The van der Waals surface area contributed by atoms with Gasteiger partial charge in [-0.1, -0.05) is 5.10 Å². The standard InChI is InChI=1S/C13H15N5O2/c14-12(19)8-1-3-10(4-2-8)16-13-18-17-11(20-13)7-15-9-5-6-9/h1-4,9,15H,5-7H2,(H2,14,19)(H,16,18). The lowest BCUT2D eigenvalue weighted by Gasteiger charge is -2.01. The van der Waals surface area contributed by atoms with E-state index in [1.807, 2.05) is 0 Å². The average Bonchev–Trinajstić information content (AvgIpc) is 3.17. The minimum absolute atomic E-state index is 0.324. The van der Waals surface area contributed by atoms with E-state index in [9.17, 15) is 4.79 Å². The number of hydrogen-bond donors (Lipinski definition) is 3.